The van der Waals surface area contributed by atoms with Gasteiger partial charge in [-0.2, -0.15) is 0 Å². The van der Waals surface area contributed by atoms with Crippen molar-refractivity contribution in [3.63, 3.8) is 0 Å². The molecule has 6 rings (SSSR count). The number of anilines is 3. The number of piperidine rings is 1. The second-order valence-corrected chi connectivity index (χ2v) is 11.8. The van der Waals surface area contributed by atoms with Gasteiger partial charge in [-0.25, -0.2) is 15.0 Å². The Labute approximate surface area is 226 Å². The lowest BCUT2D eigenvalue weighted by Gasteiger charge is -2.42. The van der Waals surface area contributed by atoms with Crippen LogP contribution in [0.2, 0.25) is 5.02 Å². The van der Waals surface area contributed by atoms with Crippen molar-refractivity contribution in [2.45, 2.75) is 67.0 Å². The Morgan fingerprint density at radius 3 is 2.59 bits per heavy atom. The third-order valence-corrected chi connectivity index (χ3v) is 9.76. The molecule has 2 fully saturated rings. The molecule has 1 saturated carbocycles. The van der Waals surface area contributed by atoms with E-state index in [1.54, 1.807) is 18.5 Å². The van der Waals surface area contributed by atoms with E-state index in [2.05, 4.69) is 38.1 Å². The van der Waals surface area contributed by atoms with E-state index in [0.717, 1.165) is 61.7 Å². The number of ether oxygens (including phenoxy) is 1. The van der Waals surface area contributed by atoms with E-state index >= 15 is 0 Å². The zero-order valence-corrected chi connectivity index (χ0v) is 22.3. The molecule has 0 radical (unpaired) electrons. The Morgan fingerprint density at radius 1 is 1.05 bits per heavy atom. The summed E-state index contributed by atoms with van der Waals surface area (Å²) in [6, 6.07) is 8.36. The molecule has 3 aliphatic rings. The number of fused-ring (bicyclic) bond motifs is 1. The van der Waals surface area contributed by atoms with Gasteiger partial charge in [-0.3, -0.25) is 0 Å². The van der Waals surface area contributed by atoms with Crippen LogP contribution >= 0.6 is 23.4 Å². The van der Waals surface area contributed by atoms with E-state index in [0.29, 0.717) is 22.0 Å². The van der Waals surface area contributed by atoms with Gasteiger partial charge < -0.3 is 26.8 Å². The molecule has 0 amide bonds. The molecule has 1 aromatic carbocycles. The zero-order chi connectivity index (χ0) is 25.6. The lowest BCUT2D eigenvalue weighted by Crippen LogP contribution is -2.44. The van der Waals surface area contributed by atoms with Gasteiger partial charge in [-0.1, -0.05) is 29.4 Å². The fourth-order valence-corrected chi connectivity index (χ4v) is 7.04. The summed E-state index contributed by atoms with van der Waals surface area (Å²) in [4.78, 5) is 16.2. The van der Waals surface area contributed by atoms with E-state index in [4.69, 9.17) is 33.5 Å². The summed E-state index contributed by atoms with van der Waals surface area (Å²) < 4.78 is 6.26. The minimum atomic E-state index is 0.0178. The number of hydrogen-bond acceptors (Lipinski definition) is 9. The minimum absolute atomic E-state index is 0.0178. The molecular formula is C27H32ClN7OS. The van der Waals surface area contributed by atoms with Crippen molar-refractivity contribution < 1.29 is 4.74 Å². The first-order chi connectivity index (χ1) is 17.9. The molecule has 3 aromatic rings. The van der Waals surface area contributed by atoms with Gasteiger partial charge in [0.2, 0.25) is 0 Å². The molecule has 37 heavy (non-hydrogen) atoms. The van der Waals surface area contributed by atoms with Gasteiger partial charge in [-0.15, -0.1) is 0 Å². The third-order valence-electron chi connectivity index (χ3n) is 8.18. The molecule has 194 valence electrons. The standard InChI is InChI=1S/C27H32ClN7OS/c28-22-20(7-10-32-24(22)30)37-26-25(31)34-21(15-33-26)35-11-8-27(9-12-35)14-16-5-6-18(13-19(16)23(27)29)36-17-3-1-2-4-17/h5-7,10,13,15,17,23H,1-4,8-9,11-12,14,29H2,(H2,30,32)(H2,31,34)/t23-/m1/s1. The number of pyridine rings is 1. The van der Waals surface area contributed by atoms with Gasteiger partial charge in [0.05, 0.1) is 17.3 Å². The van der Waals surface area contributed by atoms with E-state index in [-0.39, 0.29) is 17.3 Å². The first-order valence-corrected chi connectivity index (χ1v) is 14.1. The van der Waals surface area contributed by atoms with Crippen LogP contribution in [0.15, 0.2) is 46.6 Å². The summed E-state index contributed by atoms with van der Waals surface area (Å²) in [6.07, 6.45) is 11.6. The fraction of sp³-hybridized carbons (Fsp3) is 0.444. The summed E-state index contributed by atoms with van der Waals surface area (Å²) >= 11 is 7.61. The molecule has 8 nitrogen and oxygen atoms in total. The Morgan fingerprint density at radius 2 is 1.84 bits per heavy atom. The second kappa shape index (κ2) is 9.85. The SMILES string of the molecule is Nc1nc(N2CCC3(CC2)Cc2ccc(OC4CCCC4)cc2[C@H]3N)cnc1Sc1ccnc(N)c1Cl. The number of rotatable bonds is 5. The predicted octanol–water partition coefficient (Wildman–Crippen LogP) is 5.00. The van der Waals surface area contributed by atoms with Crippen LogP contribution in [0.4, 0.5) is 17.5 Å². The number of nitrogens with two attached hydrogens (primary N) is 3. The fourth-order valence-electron chi connectivity index (χ4n) is 6.02. The van der Waals surface area contributed by atoms with Crippen LogP contribution in [0.1, 0.15) is 55.7 Å². The average molecular weight is 538 g/mol. The average Bonchev–Trinajstić information content (AvgIpc) is 3.50. The largest absolute Gasteiger partial charge is 0.490 e. The smallest absolute Gasteiger partial charge is 0.158 e. The van der Waals surface area contributed by atoms with Crippen molar-refractivity contribution in [2.24, 2.45) is 11.1 Å². The zero-order valence-electron chi connectivity index (χ0n) is 20.7. The molecule has 1 saturated heterocycles. The van der Waals surface area contributed by atoms with Crippen molar-refractivity contribution >= 4 is 40.8 Å². The molecule has 0 bridgehead atoms. The molecular weight excluding hydrogens is 506 g/mol. The summed E-state index contributed by atoms with van der Waals surface area (Å²) in [5, 5.41) is 0.985. The normalized spacial score (nSPS) is 20.9. The highest BCUT2D eigenvalue weighted by Gasteiger charge is 2.46. The van der Waals surface area contributed by atoms with Crippen LogP contribution in [0.5, 0.6) is 5.75 Å². The predicted molar refractivity (Wildman–Crippen MR) is 148 cm³/mol. The topological polar surface area (TPSA) is 129 Å². The van der Waals surface area contributed by atoms with Crippen molar-refractivity contribution in [3.05, 3.63) is 52.8 Å². The van der Waals surface area contributed by atoms with Crippen molar-refractivity contribution in [1.82, 2.24) is 15.0 Å². The first-order valence-electron chi connectivity index (χ1n) is 12.9. The molecule has 10 heteroatoms. The van der Waals surface area contributed by atoms with Gasteiger partial charge in [0.25, 0.3) is 0 Å². The van der Waals surface area contributed by atoms with Crippen LogP contribution in [-0.2, 0) is 6.42 Å². The molecule has 1 atom stereocenters. The van der Waals surface area contributed by atoms with Gasteiger partial charge in [0, 0.05) is 30.2 Å². The molecule has 2 aromatic heterocycles. The molecule has 1 aliphatic heterocycles. The van der Waals surface area contributed by atoms with Crippen molar-refractivity contribution in [3.8, 4) is 5.75 Å². The Bertz CT molecular complexity index is 1310. The number of halogens is 1. The highest BCUT2D eigenvalue weighted by molar-refractivity contribution is 7.99. The van der Waals surface area contributed by atoms with Gasteiger partial charge in [-0.05, 0) is 79.7 Å². The maximum absolute atomic E-state index is 6.91. The van der Waals surface area contributed by atoms with Crippen molar-refractivity contribution in [2.75, 3.05) is 29.5 Å². The lowest BCUT2D eigenvalue weighted by atomic mass is 9.73. The van der Waals surface area contributed by atoms with E-state index in [1.807, 2.05) is 0 Å². The summed E-state index contributed by atoms with van der Waals surface area (Å²) in [6.45, 7) is 1.72. The summed E-state index contributed by atoms with van der Waals surface area (Å²) in [7, 11) is 0. The van der Waals surface area contributed by atoms with Crippen LogP contribution in [-0.4, -0.2) is 34.1 Å². The lowest BCUT2D eigenvalue weighted by molar-refractivity contribution is 0.186. The van der Waals surface area contributed by atoms with E-state index in [9.17, 15) is 0 Å². The van der Waals surface area contributed by atoms with Crippen LogP contribution in [0.3, 0.4) is 0 Å². The maximum atomic E-state index is 6.91. The Kier molecular flexibility index (Phi) is 6.54. The van der Waals surface area contributed by atoms with Crippen molar-refractivity contribution in [1.29, 1.82) is 0 Å². The van der Waals surface area contributed by atoms with E-state index < -0.39 is 0 Å². The van der Waals surface area contributed by atoms with Gasteiger partial charge >= 0.3 is 0 Å². The number of hydrogen-bond donors (Lipinski definition) is 3. The quantitative estimate of drug-likeness (QED) is 0.411. The maximum Gasteiger partial charge on any atom is 0.158 e. The second-order valence-electron chi connectivity index (χ2n) is 10.4. The summed E-state index contributed by atoms with van der Waals surface area (Å²) in [5.74, 6) is 2.40. The minimum Gasteiger partial charge on any atom is -0.490 e. The highest BCUT2D eigenvalue weighted by atomic mass is 35.5. The number of benzene rings is 1. The monoisotopic (exact) mass is 537 g/mol. The van der Waals surface area contributed by atoms with E-state index in [1.165, 1.54) is 35.7 Å². The van der Waals surface area contributed by atoms with Crippen LogP contribution in [0, 0.1) is 5.41 Å². The molecule has 0 unspecified atom stereocenters. The number of aromatic nitrogens is 3. The van der Waals surface area contributed by atoms with Crippen LogP contribution < -0.4 is 26.8 Å². The van der Waals surface area contributed by atoms with Crippen LogP contribution in [0.25, 0.3) is 0 Å². The number of nitrogen functional groups attached to an aromatic ring is 2. The first kappa shape index (κ1) is 24.6. The Hall–Kier alpha value is -2.75. The number of nitrogens with zero attached hydrogens (tertiary/aromatic N) is 4. The van der Waals surface area contributed by atoms with Gasteiger partial charge in [0.1, 0.15) is 22.4 Å². The molecule has 1 spiro atoms. The molecule has 3 heterocycles. The molecule has 2 aliphatic carbocycles. The Balaban J connectivity index is 1.12. The summed E-state index contributed by atoms with van der Waals surface area (Å²) in [5.41, 5.74) is 21.7. The highest BCUT2D eigenvalue weighted by Crippen LogP contribution is 2.52. The van der Waals surface area contributed by atoms with Gasteiger partial charge in [0.15, 0.2) is 5.82 Å². The third kappa shape index (κ3) is 4.69. The molecule has 6 N–H and O–H groups in total.